The van der Waals surface area contributed by atoms with Gasteiger partial charge in [-0.05, 0) is 6.92 Å². The van der Waals surface area contributed by atoms with Gasteiger partial charge in [-0.15, -0.1) is 0 Å². The van der Waals surface area contributed by atoms with Crippen molar-refractivity contribution in [2.75, 3.05) is 52.9 Å². The van der Waals surface area contributed by atoms with E-state index in [0.29, 0.717) is 0 Å². The second kappa shape index (κ2) is 37.6. The number of rotatable bonds is 27. The molecule has 0 aliphatic carbocycles. The van der Waals surface area contributed by atoms with Crippen LogP contribution in [0.15, 0.2) is 0 Å². The second-order valence-corrected chi connectivity index (χ2v) is 26.9. The van der Waals surface area contributed by atoms with Crippen molar-refractivity contribution in [3.8, 4) is 0 Å². The lowest BCUT2D eigenvalue weighted by Gasteiger charge is -2.52. The van der Waals surface area contributed by atoms with Crippen molar-refractivity contribution in [3.05, 3.63) is 0 Å². The highest BCUT2D eigenvalue weighted by Crippen LogP contribution is 2.41. The fourth-order valence-electron chi connectivity index (χ4n) is 13.8. The van der Waals surface area contributed by atoms with Crippen LogP contribution < -0.4 is 16.0 Å². The minimum Gasteiger partial charge on any atom is -0.394 e. The Balaban J connectivity index is 1.06. The molecule has 0 spiro atoms. The van der Waals surface area contributed by atoms with Crippen molar-refractivity contribution in [1.29, 1.82) is 0 Å². The summed E-state index contributed by atoms with van der Waals surface area (Å²) in [6.45, 7) is -4.43. The highest BCUT2D eigenvalue weighted by atomic mass is 16.8. The predicted molar refractivity (Wildman–Crippen MR) is 324 cm³/mol. The lowest BCUT2D eigenvalue weighted by molar-refractivity contribution is -0.403. The summed E-state index contributed by atoms with van der Waals surface area (Å²) >= 11 is 0. The summed E-state index contributed by atoms with van der Waals surface area (Å²) in [6, 6.07) is -5.57. The Morgan fingerprint density at radius 1 is 0.264 bits per heavy atom. The number of amides is 3. The van der Waals surface area contributed by atoms with Crippen LogP contribution in [0.2, 0.25) is 0 Å². The molecule has 0 bridgehead atoms. The first-order chi connectivity index (χ1) is 50.2. The SMILES string of the molecule is CC(=O)N[C@@H]1[C@@H](O[C@@H]2O[C@@H](C)[C@@H](O)[C@@H](O)[C@@H]2O)[C@H](O[C@@H]2O[C@H](CO)[C@@H](O[C@@H]3O[C@H](CO[C@H]4O[C@H](CO)[C@@H](O)[C@@H](O)[C@@H]4O)[C@@H](O)[C@H](O[C@H]4O[C@H](CO)[C@@H](O[C@@H]5O[C@H](CO)[C@@H](O)[C@H](O[C@@H]6O[C@H](CO)[C@H](O)[C@H](O)[C@H]6O)[C@H]5NC(C)=O)[C@H](O)[C@@H]4O)[C@@H]3O[C@@H]3O[C@H](CO)[C@H](O)[C@H]3O)[C@H](O)[C@H]2NC(C)=O)[C@@H](CO)O[C@H]1O. The average molecular weight is 1550 g/mol. The smallest absolute Gasteiger partial charge is 0.217 e. The molecule has 9 heterocycles. The van der Waals surface area contributed by atoms with E-state index in [9.17, 15) is 137 Å². The Hall–Kier alpha value is -3.23. The first-order valence-corrected chi connectivity index (χ1v) is 33.9. The summed E-state index contributed by atoms with van der Waals surface area (Å²) in [5.74, 6) is -2.72. The van der Waals surface area contributed by atoms with E-state index in [0.717, 1.165) is 20.8 Å². The second-order valence-electron chi connectivity index (χ2n) is 26.9. The normalized spacial score (nSPS) is 50.3. The van der Waals surface area contributed by atoms with E-state index in [2.05, 4.69) is 16.0 Å². The number of aliphatic hydroxyl groups is 24. The molecule has 0 aromatic carbocycles. The van der Waals surface area contributed by atoms with Gasteiger partial charge in [-0.3, -0.25) is 14.4 Å². The number of carbonyl (C=O) groups excluding carboxylic acids is 3. The molecule has 0 radical (unpaired) electrons. The molecule has 9 aliphatic rings. The highest BCUT2D eigenvalue weighted by molar-refractivity contribution is 5.74. The predicted octanol–water partition coefficient (Wildman–Crippen LogP) is -18.5. The van der Waals surface area contributed by atoms with Gasteiger partial charge in [0.15, 0.2) is 56.6 Å². The van der Waals surface area contributed by atoms with Crippen LogP contribution in [-0.2, 0) is 94.9 Å². The van der Waals surface area contributed by atoms with Crippen LogP contribution in [0, 0.1) is 0 Å². The quantitative estimate of drug-likeness (QED) is 0.0363. The van der Waals surface area contributed by atoms with E-state index >= 15 is 0 Å². The maximum atomic E-state index is 13.2. The largest absolute Gasteiger partial charge is 0.394 e. The maximum Gasteiger partial charge on any atom is 0.217 e. The first kappa shape index (κ1) is 86.7. The fraction of sp³-hybridized carbons (Fsp3) is 0.949. The zero-order chi connectivity index (χ0) is 77.9. The number of ether oxygens (including phenoxy) is 17. The van der Waals surface area contributed by atoms with Crippen molar-refractivity contribution < 1.29 is 217 Å². The van der Waals surface area contributed by atoms with Gasteiger partial charge >= 0.3 is 0 Å². The van der Waals surface area contributed by atoms with E-state index in [1.54, 1.807) is 0 Å². The van der Waals surface area contributed by atoms with Gasteiger partial charge in [0.2, 0.25) is 17.7 Å². The van der Waals surface area contributed by atoms with Gasteiger partial charge in [-0.1, -0.05) is 0 Å². The van der Waals surface area contributed by atoms with Gasteiger partial charge in [0, 0.05) is 20.8 Å². The van der Waals surface area contributed by atoms with Gasteiger partial charge in [0.25, 0.3) is 0 Å². The van der Waals surface area contributed by atoms with Gasteiger partial charge in [-0.2, -0.15) is 0 Å². The maximum absolute atomic E-state index is 13.2. The third-order valence-corrected chi connectivity index (χ3v) is 19.6. The number of aliphatic hydroxyl groups excluding tert-OH is 24. The van der Waals surface area contributed by atoms with Crippen molar-refractivity contribution >= 4 is 17.7 Å². The Bertz CT molecular complexity index is 2760. The lowest BCUT2D eigenvalue weighted by atomic mass is 9.93. The molecule has 9 rings (SSSR count). The first-order valence-electron chi connectivity index (χ1n) is 33.9. The standard InChI is InChI=1S/C59H99N3O44/c1-13-28(73)35(80)41(86)55(91-13)104-48-26(61-15(3)71)51(89)92-23(11-69)46(48)102-52-25(60-14(2)70)34(79)44(21(9-67)97-52)101-59-50(106-56-39(84)31(76)19(7-65)96-56)49(33(78)24(99-59)12-90-54-40(85)36(81)29(74)17(5-63)94-54)105-58-43(88)38(83)45(22(10-68)98-58)100-53-27(62-16(4)72)47(32(77)20(8-66)93-53)103-57-42(87)37(82)30(75)18(6-64)95-57/h13,17-59,63-69,73-89H,5-12H2,1-4H3,(H,60,70)(H,61,71)(H,62,72)/t13-,17+,18+,19+,20+,21+,22+,23+,24+,25+,26+,27+,28+,29+,30-,31-,32+,33+,34+,35+,36+,37-,38+,39+,40-,41-,42+,43-,44+,45+,46+,47+,48+,49-,50-,51+,52-,53-,54-,55-,56-,57-,58+,59-/m0/s1. The Morgan fingerprint density at radius 2 is 0.585 bits per heavy atom. The minimum atomic E-state index is -2.52. The van der Waals surface area contributed by atoms with Gasteiger partial charge < -0.3 is 219 Å². The molecule has 3 amide bonds. The molecule has 44 atom stereocenters. The van der Waals surface area contributed by atoms with Crippen LogP contribution in [-0.4, -0.2) is 463 Å². The van der Waals surface area contributed by atoms with Crippen LogP contribution >= 0.6 is 0 Å². The van der Waals surface area contributed by atoms with Crippen LogP contribution in [0.4, 0.5) is 0 Å². The Morgan fingerprint density at radius 3 is 1.11 bits per heavy atom. The average Bonchev–Trinajstić information content (AvgIpc) is 0.825. The molecule has 9 saturated heterocycles. The van der Waals surface area contributed by atoms with Crippen molar-refractivity contribution in [3.63, 3.8) is 0 Å². The van der Waals surface area contributed by atoms with Gasteiger partial charge in [0.05, 0.1) is 59.0 Å². The third kappa shape index (κ3) is 18.7. The number of hydrogen-bond donors (Lipinski definition) is 27. The molecule has 0 aromatic heterocycles. The monoisotopic (exact) mass is 1550 g/mol. The minimum absolute atomic E-state index is 0.841. The van der Waals surface area contributed by atoms with E-state index < -0.39 is 341 Å². The van der Waals surface area contributed by atoms with Crippen LogP contribution in [0.3, 0.4) is 0 Å². The molecule has 27 N–H and O–H groups in total. The number of carbonyl (C=O) groups is 3. The molecule has 0 aromatic rings. The lowest BCUT2D eigenvalue weighted by Crippen LogP contribution is -2.71. The van der Waals surface area contributed by atoms with Crippen LogP contribution in [0.25, 0.3) is 0 Å². The van der Waals surface area contributed by atoms with E-state index in [4.69, 9.17) is 80.5 Å². The molecule has 0 saturated carbocycles. The molecule has 106 heavy (non-hydrogen) atoms. The zero-order valence-corrected chi connectivity index (χ0v) is 57.0. The highest BCUT2D eigenvalue weighted by Gasteiger charge is 2.61. The molecule has 47 heteroatoms. The van der Waals surface area contributed by atoms with Crippen molar-refractivity contribution in [2.45, 2.75) is 298 Å². The summed E-state index contributed by atoms with van der Waals surface area (Å²) in [5, 5.41) is 272. The molecular formula is C59H99N3O44. The van der Waals surface area contributed by atoms with E-state index in [1.807, 2.05) is 0 Å². The zero-order valence-electron chi connectivity index (χ0n) is 57.0. The molecule has 614 valence electrons. The number of nitrogens with one attached hydrogen (secondary N) is 3. The summed E-state index contributed by atoms with van der Waals surface area (Å²) < 4.78 is 101. The Kier molecular flexibility index (Phi) is 30.8. The van der Waals surface area contributed by atoms with Crippen molar-refractivity contribution in [1.82, 2.24) is 16.0 Å². The molecule has 47 nitrogen and oxygen atoms in total. The van der Waals surface area contributed by atoms with Gasteiger partial charge in [-0.25, -0.2) is 0 Å². The third-order valence-electron chi connectivity index (χ3n) is 19.6. The van der Waals surface area contributed by atoms with E-state index in [1.165, 1.54) is 6.92 Å². The van der Waals surface area contributed by atoms with Crippen molar-refractivity contribution in [2.24, 2.45) is 0 Å². The molecule has 0 unspecified atom stereocenters. The topological polar surface area (TPSA) is 730 Å². The molecule has 9 aliphatic heterocycles. The molecular weight excluding hydrogens is 1450 g/mol. The van der Waals surface area contributed by atoms with E-state index in [-0.39, 0.29) is 0 Å². The fourth-order valence-corrected chi connectivity index (χ4v) is 13.8. The summed E-state index contributed by atoms with van der Waals surface area (Å²) in [4.78, 5) is 38.8. The Labute approximate surface area is 600 Å². The molecule has 9 fully saturated rings. The summed E-state index contributed by atoms with van der Waals surface area (Å²) in [7, 11) is 0. The van der Waals surface area contributed by atoms with Crippen LogP contribution in [0.5, 0.6) is 0 Å². The number of hydrogen-bond acceptors (Lipinski definition) is 44. The summed E-state index contributed by atoms with van der Waals surface area (Å²) in [5.41, 5.74) is 0. The summed E-state index contributed by atoms with van der Waals surface area (Å²) in [6.07, 6.45) is -83.2. The van der Waals surface area contributed by atoms with Gasteiger partial charge in [0.1, 0.15) is 207 Å². The van der Waals surface area contributed by atoms with Crippen LogP contribution in [0.1, 0.15) is 27.7 Å².